The number of guanidine groups is 1. The van der Waals surface area contributed by atoms with E-state index >= 15 is 0 Å². The van der Waals surface area contributed by atoms with Gasteiger partial charge in [0.1, 0.15) is 0 Å². The molecule has 0 bridgehead atoms. The Morgan fingerprint density at radius 3 is 2.41 bits per heavy atom. The Labute approximate surface area is 137 Å². The zero-order chi connectivity index (χ0) is 15.8. The molecule has 22 heavy (non-hydrogen) atoms. The Morgan fingerprint density at radius 2 is 1.77 bits per heavy atom. The van der Waals surface area contributed by atoms with E-state index < -0.39 is 0 Å². The number of likely N-dealkylation sites (tertiary alicyclic amines) is 1. The van der Waals surface area contributed by atoms with Crippen molar-refractivity contribution in [1.82, 2.24) is 15.5 Å². The fourth-order valence-electron chi connectivity index (χ4n) is 4.10. The van der Waals surface area contributed by atoms with Crippen LogP contribution in [0.5, 0.6) is 0 Å². The van der Waals surface area contributed by atoms with Crippen LogP contribution in [0, 0.1) is 11.8 Å². The van der Waals surface area contributed by atoms with Crippen LogP contribution in [0.15, 0.2) is 4.99 Å². The SMILES string of the molecule is CN=C(NCCCCN1CC(C)CC(C)C1)NC1CCCC1. The Hall–Kier alpha value is -0.770. The van der Waals surface area contributed by atoms with Crippen LogP contribution in [0.3, 0.4) is 0 Å². The number of nitrogens with zero attached hydrogens (tertiary/aromatic N) is 2. The van der Waals surface area contributed by atoms with Gasteiger partial charge < -0.3 is 15.5 Å². The smallest absolute Gasteiger partial charge is 0.191 e. The maximum Gasteiger partial charge on any atom is 0.191 e. The molecule has 1 heterocycles. The minimum absolute atomic E-state index is 0.641. The third kappa shape index (κ3) is 6.15. The second-order valence-electron chi connectivity index (χ2n) is 7.54. The zero-order valence-electron chi connectivity index (χ0n) is 14.9. The topological polar surface area (TPSA) is 39.7 Å². The summed E-state index contributed by atoms with van der Waals surface area (Å²) in [5.74, 6) is 2.74. The van der Waals surface area contributed by atoms with Gasteiger partial charge in [0.2, 0.25) is 0 Å². The first-order valence-electron chi connectivity index (χ1n) is 9.37. The van der Waals surface area contributed by atoms with E-state index in [0.717, 1.165) is 24.3 Å². The molecule has 4 heteroatoms. The van der Waals surface area contributed by atoms with E-state index in [0.29, 0.717) is 6.04 Å². The molecule has 0 radical (unpaired) electrons. The predicted octanol–water partition coefficient (Wildman–Crippen LogP) is 2.85. The lowest BCUT2D eigenvalue weighted by atomic mass is 9.92. The number of piperidine rings is 1. The molecule has 2 unspecified atom stereocenters. The van der Waals surface area contributed by atoms with Gasteiger partial charge in [0, 0.05) is 32.7 Å². The number of rotatable bonds is 6. The van der Waals surface area contributed by atoms with Crippen LogP contribution in [0.4, 0.5) is 0 Å². The summed E-state index contributed by atoms with van der Waals surface area (Å²) in [5, 5.41) is 7.02. The van der Waals surface area contributed by atoms with Crippen LogP contribution < -0.4 is 10.6 Å². The van der Waals surface area contributed by atoms with E-state index in [2.05, 4.69) is 34.4 Å². The summed E-state index contributed by atoms with van der Waals surface area (Å²) in [4.78, 5) is 7.00. The lowest BCUT2D eigenvalue weighted by Crippen LogP contribution is -2.43. The molecule has 2 fully saturated rings. The summed E-state index contributed by atoms with van der Waals surface area (Å²) < 4.78 is 0. The molecule has 1 saturated carbocycles. The minimum Gasteiger partial charge on any atom is -0.356 e. The molecule has 1 saturated heterocycles. The number of hydrogen-bond donors (Lipinski definition) is 2. The van der Waals surface area contributed by atoms with Gasteiger partial charge in [0.05, 0.1) is 0 Å². The summed E-state index contributed by atoms with van der Waals surface area (Å²) in [7, 11) is 1.88. The third-order valence-electron chi connectivity index (χ3n) is 5.06. The van der Waals surface area contributed by atoms with Crippen molar-refractivity contribution >= 4 is 5.96 Å². The normalized spacial score (nSPS) is 28.0. The lowest BCUT2D eigenvalue weighted by Gasteiger charge is -2.34. The average Bonchev–Trinajstić information content (AvgIpc) is 2.97. The minimum atomic E-state index is 0.641. The summed E-state index contributed by atoms with van der Waals surface area (Å²) in [6, 6.07) is 0.641. The van der Waals surface area contributed by atoms with Gasteiger partial charge in [-0.25, -0.2) is 0 Å². The van der Waals surface area contributed by atoms with Gasteiger partial charge in [-0.15, -0.1) is 0 Å². The summed E-state index contributed by atoms with van der Waals surface area (Å²) in [6.07, 6.45) is 9.24. The standard InChI is InChI=1S/C18H36N4/c1-15-12-16(2)14-22(13-15)11-7-6-10-20-18(19-3)21-17-8-4-5-9-17/h15-17H,4-14H2,1-3H3,(H2,19,20,21). The molecule has 1 aliphatic carbocycles. The fraction of sp³-hybridized carbons (Fsp3) is 0.944. The van der Waals surface area contributed by atoms with Gasteiger partial charge in [0.15, 0.2) is 5.96 Å². The maximum atomic E-state index is 4.34. The molecule has 0 aromatic carbocycles. The van der Waals surface area contributed by atoms with Gasteiger partial charge in [-0.05, 0) is 50.5 Å². The molecule has 2 aliphatic rings. The van der Waals surface area contributed by atoms with Crippen LogP contribution in [0.2, 0.25) is 0 Å². The van der Waals surface area contributed by atoms with Crippen LogP contribution in [-0.4, -0.2) is 50.1 Å². The van der Waals surface area contributed by atoms with Crippen LogP contribution in [-0.2, 0) is 0 Å². The molecule has 4 nitrogen and oxygen atoms in total. The van der Waals surface area contributed by atoms with E-state index in [1.54, 1.807) is 0 Å². The number of unbranched alkanes of at least 4 members (excludes halogenated alkanes) is 1. The van der Waals surface area contributed by atoms with Crippen molar-refractivity contribution in [3.05, 3.63) is 0 Å². The van der Waals surface area contributed by atoms with Crippen molar-refractivity contribution in [2.75, 3.05) is 33.2 Å². The Balaban J connectivity index is 1.54. The van der Waals surface area contributed by atoms with E-state index in [1.165, 1.54) is 64.6 Å². The second kappa shape index (κ2) is 9.39. The lowest BCUT2D eigenvalue weighted by molar-refractivity contribution is 0.139. The molecule has 0 aromatic heterocycles. The fourth-order valence-corrected chi connectivity index (χ4v) is 4.10. The van der Waals surface area contributed by atoms with Crippen LogP contribution in [0.25, 0.3) is 0 Å². The largest absolute Gasteiger partial charge is 0.356 e. The second-order valence-corrected chi connectivity index (χ2v) is 7.54. The average molecular weight is 309 g/mol. The highest BCUT2D eigenvalue weighted by atomic mass is 15.2. The Bertz CT molecular complexity index is 326. The first kappa shape index (κ1) is 17.6. The Kier molecular flexibility index (Phi) is 7.50. The highest BCUT2D eigenvalue weighted by Crippen LogP contribution is 2.21. The van der Waals surface area contributed by atoms with E-state index in [1.807, 2.05) is 7.05 Å². The highest BCUT2D eigenvalue weighted by Gasteiger charge is 2.21. The summed E-state index contributed by atoms with van der Waals surface area (Å²) >= 11 is 0. The first-order chi connectivity index (χ1) is 10.7. The molecule has 128 valence electrons. The van der Waals surface area contributed by atoms with Crippen molar-refractivity contribution < 1.29 is 0 Å². The molecular formula is C18H36N4. The van der Waals surface area contributed by atoms with Gasteiger partial charge in [-0.3, -0.25) is 4.99 Å². The number of aliphatic imine (C=N–C) groups is 1. The summed E-state index contributed by atoms with van der Waals surface area (Å²) in [5.41, 5.74) is 0. The quantitative estimate of drug-likeness (QED) is 0.450. The van der Waals surface area contributed by atoms with Crippen LogP contribution >= 0.6 is 0 Å². The molecule has 2 N–H and O–H groups in total. The van der Waals surface area contributed by atoms with Crippen molar-refractivity contribution in [3.8, 4) is 0 Å². The van der Waals surface area contributed by atoms with E-state index in [4.69, 9.17) is 0 Å². The molecule has 1 aliphatic heterocycles. The van der Waals surface area contributed by atoms with Crippen molar-refractivity contribution in [1.29, 1.82) is 0 Å². The monoisotopic (exact) mass is 308 g/mol. The van der Waals surface area contributed by atoms with E-state index in [-0.39, 0.29) is 0 Å². The molecule has 0 spiro atoms. The number of hydrogen-bond acceptors (Lipinski definition) is 2. The highest BCUT2D eigenvalue weighted by molar-refractivity contribution is 5.79. The van der Waals surface area contributed by atoms with Crippen molar-refractivity contribution in [2.45, 2.75) is 64.8 Å². The van der Waals surface area contributed by atoms with Crippen molar-refractivity contribution in [3.63, 3.8) is 0 Å². The summed E-state index contributed by atoms with van der Waals surface area (Å²) in [6.45, 7) is 9.66. The Morgan fingerprint density at radius 1 is 1.09 bits per heavy atom. The van der Waals surface area contributed by atoms with E-state index in [9.17, 15) is 0 Å². The molecule has 2 atom stereocenters. The van der Waals surface area contributed by atoms with Gasteiger partial charge in [0.25, 0.3) is 0 Å². The predicted molar refractivity (Wildman–Crippen MR) is 95.4 cm³/mol. The third-order valence-corrected chi connectivity index (χ3v) is 5.06. The molecule has 2 rings (SSSR count). The zero-order valence-corrected chi connectivity index (χ0v) is 14.9. The molecular weight excluding hydrogens is 272 g/mol. The van der Waals surface area contributed by atoms with Crippen LogP contribution in [0.1, 0.15) is 58.8 Å². The van der Waals surface area contributed by atoms with Gasteiger partial charge in [-0.1, -0.05) is 26.7 Å². The van der Waals surface area contributed by atoms with Gasteiger partial charge >= 0.3 is 0 Å². The first-order valence-corrected chi connectivity index (χ1v) is 9.37. The molecule has 0 aromatic rings. The van der Waals surface area contributed by atoms with Crippen molar-refractivity contribution in [2.24, 2.45) is 16.8 Å². The van der Waals surface area contributed by atoms with Gasteiger partial charge in [-0.2, -0.15) is 0 Å². The number of nitrogens with one attached hydrogen (secondary N) is 2. The maximum absolute atomic E-state index is 4.34. The molecule has 0 amide bonds.